The van der Waals surface area contributed by atoms with Crippen molar-refractivity contribution in [1.82, 2.24) is 15.1 Å². The van der Waals surface area contributed by atoms with Crippen LogP contribution in [-0.4, -0.2) is 21.0 Å². The van der Waals surface area contributed by atoms with Crippen molar-refractivity contribution in [2.75, 3.05) is 5.32 Å². The molecule has 6 nitrogen and oxygen atoms in total. The summed E-state index contributed by atoms with van der Waals surface area (Å²) in [4.78, 5) is 21.3. The van der Waals surface area contributed by atoms with Gasteiger partial charge in [0.25, 0.3) is 11.8 Å². The quantitative estimate of drug-likeness (QED) is 0.451. The Bertz CT molecular complexity index is 1140. The number of carbonyl (C=O) groups is 1. The molecule has 0 aliphatic rings. The Hall–Kier alpha value is -3.80. The highest BCUT2D eigenvalue weighted by Crippen LogP contribution is 2.28. The number of para-hydroxylation sites is 1. The molecule has 1 amide bonds. The number of amides is 1. The number of aromatic nitrogens is 3. The van der Waals surface area contributed by atoms with Crippen molar-refractivity contribution < 1.29 is 9.32 Å². The van der Waals surface area contributed by atoms with Gasteiger partial charge in [-0.25, -0.2) is 0 Å². The molecule has 0 aliphatic heterocycles. The van der Waals surface area contributed by atoms with E-state index in [4.69, 9.17) is 4.52 Å². The lowest BCUT2D eigenvalue weighted by molar-refractivity contribution is 0.102. The number of benzene rings is 2. The molecule has 0 radical (unpaired) electrons. The van der Waals surface area contributed by atoms with Crippen LogP contribution in [0.15, 0.2) is 77.6 Å². The van der Waals surface area contributed by atoms with Crippen LogP contribution < -0.4 is 5.32 Å². The molecule has 150 valence electrons. The fraction of sp³-hybridized carbons (Fsp3) is 0.167. The second-order valence-corrected chi connectivity index (χ2v) is 6.96. The average Bonchev–Trinajstić information content (AvgIpc) is 3.29. The van der Waals surface area contributed by atoms with Gasteiger partial charge in [0.15, 0.2) is 0 Å². The van der Waals surface area contributed by atoms with Crippen LogP contribution in [0.2, 0.25) is 0 Å². The Balaban J connectivity index is 1.57. The van der Waals surface area contributed by atoms with Gasteiger partial charge in [-0.1, -0.05) is 42.8 Å². The van der Waals surface area contributed by atoms with Crippen molar-refractivity contribution in [2.45, 2.75) is 26.2 Å². The maximum atomic E-state index is 12.9. The van der Waals surface area contributed by atoms with Gasteiger partial charge in [-0.15, -0.1) is 0 Å². The number of hydrogen-bond acceptors (Lipinski definition) is 5. The lowest BCUT2D eigenvalue weighted by Crippen LogP contribution is -2.13. The molecule has 2 heterocycles. The molecule has 0 spiro atoms. The highest BCUT2D eigenvalue weighted by molar-refractivity contribution is 6.06. The summed E-state index contributed by atoms with van der Waals surface area (Å²) in [6.45, 7) is 2.16. The number of hydrogen-bond donors (Lipinski definition) is 1. The van der Waals surface area contributed by atoms with E-state index in [-0.39, 0.29) is 5.91 Å². The maximum absolute atomic E-state index is 12.9. The van der Waals surface area contributed by atoms with Gasteiger partial charge in [-0.2, -0.15) is 4.98 Å². The number of pyridine rings is 1. The Morgan fingerprint density at radius 2 is 1.87 bits per heavy atom. The third kappa shape index (κ3) is 4.43. The van der Waals surface area contributed by atoms with Crippen molar-refractivity contribution in [3.63, 3.8) is 0 Å². The molecule has 0 atom stereocenters. The summed E-state index contributed by atoms with van der Waals surface area (Å²) in [7, 11) is 0. The first-order chi connectivity index (χ1) is 14.7. The normalized spacial score (nSPS) is 10.7. The van der Waals surface area contributed by atoms with Gasteiger partial charge < -0.3 is 9.84 Å². The summed E-state index contributed by atoms with van der Waals surface area (Å²) in [6.07, 6.45) is 6.54. The first-order valence-electron chi connectivity index (χ1n) is 9.98. The molecule has 0 saturated carbocycles. The van der Waals surface area contributed by atoms with Crippen LogP contribution in [0, 0.1) is 0 Å². The summed E-state index contributed by atoms with van der Waals surface area (Å²) in [5.41, 5.74) is 3.88. The minimum atomic E-state index is -0.172. The van der Waals surface area contributed by atoms with E-state index in [9.17, 15) is 4.79 Å². The number of nitrogens with one attached hydrogen (secondary N) is 1. The lowest BCUT2D eigenvalue weighted by atomic mass is 10.0. The zero-order valence-electron chi connectivity index (χ0n) is 16.7. The van der Waals surface area contributed by atoms with Gasteiger partial charge in [0.1, 0.15) is 0 Å². The molecule has 0 unspecified atom stereocenters. The Kier molecular flexibility index (Phi) is 5.94. The van der Waals surface area contributed by atoms with Gasteiger partial charge >= 0.3 is 0 Å². The number of aryl methyl sites for hydroxylation is 1. The van der Waals surface area contributed by atoms with Gasteiger partial charge in [0.2, 0.25) is 5.82 Å². The van der Waals surface area contributed by atoms with Crippen molar-refractivity contribution >= 4 is 11.6 Å². The van der Waals surface area contributed by atoms with Crippen molar-refractivity contribution in [3.8, 4) is 22.8 Å². The van der Waals surface area contributed by atoms with Crippen molar-refractivity contribution in [3.05, 3.63) is 84.2 Å². The number of anilines is 1. The molecule has 30 heavy (non-hydrogen) atoms. The second kappa shape index (κ2) is 9.13. The number of carbonyl (C=O) groups excluding carboxylic acids is 1. The first-order valence-corrected chi connectivity index (χ1v) is 9.98. The molecular formula is C24H22N4O2. The summed E-state index contributed by atoms with van der Waals surface area (Å²) in [5, 5.41) is 7.04. The first kappa shape index (κ1) is 19.5. The largest absolute Gasteiger partial charge is 0.334 e. The molecule has 0 fully saturated rings. The maximum Gasteiger partial charge on any atom is 0.260 e. The third-order valence-electron chi connectivity index (χ3n) is 4.78. The van der Waals surface area contributed by atoms with Crippen LogP contribution in [0.3, 0.4) is 0 Å². The predicted octanol–water partition coefficient (Wildman–Crippen LogP) is 5.39. The molecule has 4 aromatic rings. The van der Waals surface area contributed by atoms with E-state index in [1.54, 1.807) is 12.4 Å². The van der Waals surface area contributed by atoms with Gasteiger partial charge in [0.05, 0.1) is 11.3 Å². The average molecular weight is 398 g/mol. The summed E-state index contributed by atoms with van der Waals surface area (Å²) in [5.74, 6) is 0.640. The van der Waals surface area contributed by atoms with Gasteiger partial charge in [-0.05, 0) is 54.8 Å². The van der Waals surface area contributed by atoms with Crippen LogP contribution >= 0.6 is 0 Å². The molecule has 0 saturated heterocycles. The third-order valence-corrected chi connectivity index (χ3v) is 4.78. The zero-order chi connectivity index (χ0) is 20.8. The number of rotatable bonds is 7. The highest BCUT2D eigenvalue weighted by atomic mass is 16.5. The van der Waals surface area contributed by atoms with E-state index in [2.05, 4.69) is 33.4 Å². The molecule has 2 aromatic heterocycles. The lowest BCUT2D eigenvalue weighted by Gasteiger charge is -2.09. The van der Waals surface area contributed by atoms with Crippen LogP contribution in [0.5, 0.6) is 0 Å². The topological polar surface area (TPSA) is 80.9 Å². The zero-order valence-corrected chi connectivity index (χ0v) is 16.7. The second-order valence-electron chi connectivity index (χ2n) is 6.96. The van der Waals surface area contributed by atoms with Gasteiger partial charge in [0, 0.05) is 23.5 Å². The minimum absolute atomic E-state index is 0.172. The molecular weight excluding hydrogens is 376 g/mol. The van der Waals surface area contributed by atoms with Crippen molar-refractivity contribution in [2.24, 2.45) is 0 Å². The van der Waals surface area contributed by atoms with E-state index in [1.807, 2.05) is 54.6 Å². The minimum Gasteiger partial charge on any atom is -0.334 e. The van der Waals surface area contributed by atoms with Crippen LogP contribution in [0.1, 0.15) is 35.7 Å². The van der Waals surface area contributed by atoms with E-state index >= 15 is 0 Å². The number of unbranched alkanes of at least 4 members (excludes halogenated alkanes) is 1. The Morgan fingerprint density at radius 1 is 1.03 bits per heavy atom. The summed E-state index contributed by atoms with van der Waals surface area (Å²) < 4.78 is 5.46. The summed E-state index contributed by atoms with van der Waals surface area (Å²) in [6, 6.07) is 18.8. The molecule has 4 rings (SSSR count). The highest BCUT2D eigenvalue weighted by Gasteiger charge is 2.16. The fourth-order valence-electron chi connectivity index (χ4n) is 3.17. The molecule has 0 bridgehead atoms. The van der Waals surface area contributed by atoms with E-state index < -0.39 is 0 Å². The smallest absolute Gasteiger partial charge is 0.260 e. The van der Waals surface area contributed by atoms with Crippen LogP contribution in [0.4, 0.5) is 5.69 Å². The Labute approximate surface area is 175 Å². The molecule has 6 heteroatoms. The van der Waals surface area contributed by atoms with E-state index in [1.165, 1.54) is 0 Å². The Morgan fingerprint density at radius 3 is 2.70 bits per heavy atom. The summed E-state index contributed by atoms with van der Waals surface area (Å²) >= 11 is 0. The van der Waals surface area contributed by atoms with Crippen LogP contribution in [0.25, 0.3) is 22.8 Å². The van der Waals surface area contributed by atoms with E-state index in [0.29, 0.717) is 28.5 Å². The predicted molar refractivity (Wildman–Crippen MR) is 116 cm³/mol. The fourth-order valence-corrected chi connectivity index (χ4v) is 3.17. The van der Waals surface area contributed by atoms with Gasteiger partial charge in [-0.3, -0.25) is 9.78 Å². The standard InChI is InChI=1S/C24H22N4O2/c1-2-3-7-17-8-6-9-19(16-17)23(29)26-21-11-5-4-10-20(21)24-27-22(28-30-24)18-12-14-25-15-13-18/h4-6,8-16H,2-3,7H2,1H3,(H,26,29). The van der Waals surface area contributed by atoms with E-state index in [0.717, 1.165) is 30.4 Å². The molecule has 0 aliphatic carbocycles. The van der Waals surface area contributed by atoms with Crippen molar-refractivity contribution in [1.29, 1.82) is 0 Å². The molecule has 1 N–H and O–H groups in total. The SMILES string of the molecule is CCCCc1cccc(C(=O)Nc2ccccc2-c2nc(-c3ccncc3)no2)c1. The monoisotopic (exact) mass is 398 g/mol. The number of nitrogens with zero attached hydrogens (tertiary/aromatic N) is 3. The van der Waals surface area contributed by atoms with Crippen LogP contribution in [-0.2, 0) is 6.42 Å². The molecule has 2 aromatic carbocycles.